The zero-order chi connectivity index (χ0) is 8.85. The zero-order valence-electron chi connectivity index (χ0n) is 7.13. The van der Waals surface area contributed by atoms with E-state index in [9.17, 15) is 4.79 Å². The number of carbonyl (C=O) groups excluding carboxylic acids is 1. The first-order valence-corrected chi connectivity index (χ1v) is 3.86. The molecule has 0 bridgehead atoms. The fraction of sp³-hybridized carbons (Fsp3) is 0.857. The van der Waals surface area contributed by atoms with Crippen molar-refractivity contribution in [2.45, 2.75) is 32.4 Å². The Hall–Kier alpha value is -0.610. The van der Waals surface area contributed by atoms with Crippen LogP contribution in [0.3, 0.4) is 0 Å². The second-order valence-corrected chi connectivity index (χ2v) is 2.74. The van der Waals surface area contributed by atoms with E-state index in [0.29, 0.717) is 13.0 Å². The third-order valence-electron chi connectivity index (χ3n) is 1.37. The minimum absolute atomic E-state index is 0.0111. The molecule has 0 radical (unpaired) electrons. The van der Waals surface area contributed by atoms with Crippen LogP contribution in [0, 0.1) is 0 Å². The van der Waals surface area contributed by atoms with Crippen molar-refractivity contribution < 1.29 is 4.79 Å². The molecule has 0 aliphatic carbocycles. The van der Waals surface area contributed by atoms with Gasteiger partial charge in [-0.05, 0) is 13.3 Å². The van der Waals surface area contributed by atoms with Gasteiger partial charge in [-0.2, -0.15) is 0 Å². The minimum Gasteiger partial charge on any atom is -0.353 e. The molecule has 66 valence electrons. The highest BCUT2D eigenvalue weighted by Gasteiger charge is 2.09. The first kappa shape index (κ1) is 10.4. The highest BCUT2D eigenvalue weighted by Crippen LogP contribution is 1.84. The molecule has 2 unspecified atom stereocenters. The molecule has 0 aliphatic rings. The molecule has 0 aliphatic heterocycles. The Balaban J connectivity index is 3.52. The predicted molar refractivity (Wildman–Crippen MR) is 44.9 cm³/mol. The van der Waals surface area contributed by atoms with Crippen LogP contribution in [0.25, 0.3) is 0 Å². The van der Waals surface area contributed by atoms with Crippen molar-refractivity contribution in [3.05, 3.63) is 0 Å². The Bertz CT molecular complexity index is 125. The number of carbonyl (C=O) groups is 1. The molecule has 0 saturated carbocycles. The van der Waals surface area contributed by atoms with E-state index >= 15 is 0 Å². The Morgan fingerprint density at radius 3 is 2.45 bits per heavy atom. The van der Waals surface area contributed by atoms with E-state index in [1.54, 1.807) is 0 Å². The summed E-state index contributed by atoms with van der Waals surface area (Å²) in [7, 11) is 0. The summed E-state index contributed by atoms with van der Waals surface area (Å²) in [6.45, 7) is 4.19. The predicted octanol–water partition coefficient (Wildman–Crippen LogP) is -0.813. The summed E-state index contributed by atoms with van der Waals surface area (Å²) in [6, 6.07) is -0.406. The Labute approximate surface area is 67.3 Å². The molecule has 4 nitrogen and oxygen atoms in total. The van der Waals surface area contributed by atoms with Crippen LogP contribution in [0.1, 0.15) is 20.3 Å². The fourth-order valence-corrected chi connectivity index (χ4v) is 0.578. The van der Waals surface area contributed by atoms with E-state index in [1.165, 1.54) is 0 Å². The summed E-state index contributed by atoms with van der Waals surface area (Å²) in [5.74, 6) is -0.121. The monoisotopic (exact) mass is 159 g/mol. The lowest BCUT2D eigenvalue weighted by atomic mass is 10.2. The summed E-state index contributed by atoms with van der Waals surface area (Å²) >= 11 is 0. The SMILES string of the molecule is CCC(N)C(=O)NCC(C)N. The van der Waals surface area contributed by atoms with Crippen molar-refractivity contribution in [1.82, 2.24) is 5.32 Å². The van der Waals surface area contributed by atoms with Gasteiger partial charge in [0.25, 0.3) is 0 Å². The Morgan fingerprint density at radius 2 is 2.09 bits per heavy atom. The third-order valence-corrected chi connectivity index (χ3v) is 1.37. The molecule has 1 amide bonds. The molecule has 0 aromatic rings. The van der Waals surface area contributed by atoms with Crippen molar-refractivity contribution in [2.24, 2.45) is 11.5 Å². The molecule has 0 rings (SSSR count). The van der Waals surface area contributed by atoms with Gasteiger partial charge in [-0.3, -0.25) is 4.79 Å². The van der Waals surface area contributed by atoms with Gasteiger partial charge in [0.1, 0.15) is 0 Å². The highest BCUT2D eigenvalue weighted by atomic mass is 16.2. The molecule has 0 fully saturated rings. The number of rotatable bonds is 4. The summed E-state index contributed by atoms with van der Waals surface area (Å²) in [4.78, 5) is 11.0. The van der Waals surface area contributed by atoms with E-state index in [2.05, 4.69) is 5.32 Å². The van der Waals surface area contributed by atoms with Crippen molar-refractivity contribution in [3.63, 3.8) is 0 Å². The topological polar surface area (TPSA) is 81.1 Å². The maximum absolute atomic E-state index is 11.0. The summed E-state index contributed by atoms with van der Waals surface area (Å²) in [6.07, 6.45) is 0.658. The molecule has 11 heavy (non-hydrogen) atoms. The van der Waals surface area contributed by atoms with Crippen molar-refractivity contribution >= 4 is 5.91 Å². The Morgan fingerprint density at radius 1 is 1.55 bits per heavy atom. The second-order valence-electron chi connectivity index (χ2n) is 2.74. The van der Waals surface area contributed by atoms with Gasteiger partial charge in [0.05, 0.1) is 6.04 Å². The van der Waals surface area contributed by atoms with Crippen LogP contribution in [0.15, 0.2) is 0 Å². The maximum atomic E-state index is 11.0. The average molecular weight is 159 g/mol. The van der Waals surface area contributed by atoms with Crippen molar-refractivity contribution in [1.29, 1.82) is 0 Å². The van der Waals surface area contributed by atoms with E-state index in [-0.39, 0.29) is 11.9 Å². The van der Waals surface area contributed by atoms with Gasteiger partial charge in [-0.15, -0.1) is 0 Å². The highest BCUT2D eigenvalue weighted by molar-refractivity contribution is 5.81. The first-order chi connectivity index (χ1) is 5.07. The molecule has 0 aromatic carbocycles. The summed E-state index contributed by atoms with van der Waals surface area (Å²) < 4.78 is 0. The van der Waals surface area contributed by atoms with Crippen molar-refractivity contribution in [2.75, 3.05) is 6.54 Å². The van der Waals surface area contributed by atoms with E-state index < -0.39 is 6.04 Å². The minimum atomic E-state index is -0.395. The number of hydrogen-bond donors (Lipinski definition) is 3. The average Bonchev–Trinajstić information content (AvgIpc) is 1.98. The largest absolute Gasteiger partial charge is 0.353 e. The lowest BCUT2D eigenvalue weighted by Gasteiger charge is -2.11. The van der Waals surface area contributed by atoms with Crippen LogP contribution in [0.5, 0.6) is 0 Å². The van der Waals surface area contributed by atoms with Gasteiger partial charge in [-0.1, -0.05) is 6.92 Å². The van der Waals surface area contributed by atoms with E-state index in [0.717, 1.165) is 0 Å². The van der Waals surface area contributed by atoms with Crippen LogP contribution >= 0.6 is 0 Å². The van der Waals surface area contributed by atoms with E-state index in [1.807, 2.05) is 13.8 Å². The molecule has 0 spiro atoms. The van der Waals surface area contributed by atoms with Crippen LogP contribution in [0.2, 0.25) is 0 Å². The molecule has 2 atom stereocenters. The second kappa shape index (κ2) is 5.09. The van der Waals surface area contributed by atoms with Crippen LogP contribution < -0.4 is 16.8 Å². The van der Waals surface area contributed by atoms with Gasteiger partial charge in [0.2, 0.25) is 5.91 Å². The molecule has 5 N–H and O–H groups in total. The number of hydrogen-bond acceptors (Lipinski definition) is 3. The van der Waals surface area contributed by atoms with Crippen LogP contribution in [-0.2, 0) is 4.79 Å². The first-order valence-electron chi connectivity index (χ1n) is 3.86. The van der Waals surface area contributed by atoms with Gasteiger partial charge in [-0.25, -0.2) is 0 Å². The normalized spacial score (nSPS) is 15.6. The van der Waals surface area contributed by atoms with Gasteiger partial charge < -0.3 is 16.8 Å². The summed E-state index contributed by atoms with van der Waals surface area (Å²) in [5.41, 5.74) is 10.9. The number of nitrogens with two attached hydrogens (primary N) is 2. The molecular formula is C7H17N3O. The van der Waals surface area contributed by atoms with Gasteiger partial charge >= 0.3 is 0 Å². The van der Waals surface area contributed by atoms with Crippen LogP contribution in [0.4, 0.5) is 0 Å². The van der Waals surface area contributed by atoms with Crippen LogP contribution in [-0.4, -0.2) is 24.5 Å². The maximum Gasteiger partial charge on any atom is 0.236 e. The zero-order valence-corrected chi connectivity index (χ0v) is 7.13. The molecule has 0 aromatic heterocycles. The Kier molecular flexibility index (Phi) is 4.81. The number of amides is 1. The smallest absolute Gasteiger partial charge is 0.236 e. The van der Waals surface area contributed by atoms with Crippen molar-refractivity contribution in [3.8, 4) is 0 Å². The lowest BCUT2D eigenvalue weighted by Crippen LogP contribution is -2.44. The molecule has 0 heterocycles. The molecular weight excluding hydrogens is 142 g/mol. The molecule has 0 saturated heterocycles. The van der Waals surface area contributed by atoms with Gasteiger partial charge in [0.15, 0.2) is 0 Å². The van der Waals surface area contributed by atoms with Gasteiger partial charge in [0, 0.05) is 12.6 Å². The summed E-state index contributed by atoms with van der Waals surface area (Å²) in [5, 5.41) is 2.64. The fourth-order valence-electron chi connectivity index (χ4n) is 0.578. The van der Waals surface area contributed by atoms with E-state index in [4.69, 9.17) is 11.5 Å². The standard InChI is InChI=1S/C7H17N3O/c1-3-6(9)7(11)10-4-5(2)8/h5-6H,3-4,8-9H2,1-2H3,(H,10,11). The number of nitrogens with one attached hydrogen (secondary N) is 1. The third kappa shape index (κ3) is 4.75. The lowest BCUT2D eigenvalue weighted by molar-refractivity contribution is -0.122. The molecule has 4 heteroatoms. The quantitative estimate of drug-likeness (QED) is 0.501.